The smallest absolute Gasteiger partial charge is 0.314 e. The van der Waals surface area contributed by atoms with Gasteiger partial charge in [-0.3, -0.25) is 0 Å². The number of hydrogen-bond donors (Lipinski definition) is 4. The molecule has 0 aliphatic heterocycles. The molecule has 1 atom stereocenters. The number of phenols is 1. The van der Waals surface area contributed by atoms with E-state index in [1.165, 1.54) is 0 Å². The maximum Gasteiger partial charge on any atom is 0.314 e. The van der Waals surface area contributed by atoms with E-state index in [2.05, 4.69) is 10.6 Å². The number of amides is 2. The topological polar surface area (TPSA) is 81.6 Å². The molecule has 0 spiro atoms. The zero-order valence-corrected chi connectivity index (χ0v) is 12.9. The summed E-state index contributed by atoms with van der Waals surface area (Å²) in [5.74, 6) is 0.224. The molecule has 4 N–H and O–H groups in total. The van der Waals surface area contributed by atoms with Crippen molar-refractivity contribution in [1.29, 1.82) is 0 Å². The maximum atomic E-state index is 11.7. The number of aromatic hydroxyl groups is 1. The van der Waals surface area contributed by atoms with Gasteiger partial charge in [-0.25, -0.2) is 4.79 Å². The average molecular weight is 314 g/mol. The first-order valence-electron chi connectivity index (χ1n) is 7.68. The van der Waals surface area contributed by atoms with Crippen LogP contribution in [0.1, 0.15) is 23.7 Å². The van der Waals surface area contributed by atoms with E-state index in [0.29, 0.717) is 25.9 Å². The van der Waals surface area contributed by atoms with Gasteiger partial charge >= 0.3 is 6.03 Å². The van der Waals surface area contributed by atoms with E-state index in [1.54, 1.807) is 18.2 Å². The lowest BCUT2D eigenvalue weighted by atomic mass is 10.1. The van der Waals surface area contributed by atoms with E-state index in [4.69, 9.17) is 0 Å². The predicted octanol–water partition coefficient (Wildman–Crippen LogP) is 2.36. The zero-order chi connectivity index (χ0) is 16.5. The Kier molecular flexibility index (Phi) is 6.44. The summed E-state index contributed by atoms with van der Waals surface area (Å²) >= 11 is 0. The molecule has 0 aliphatic rings. The second kappa shape index (κ2) is 8.80. The van der Waals surface area contributed by atoms with Crippen LogP contribution in [0.3, 0.4) is 0 Å². The minimum Gasteiger partial charge on any atom is -0.508 e. The van der Waals surface area contributed by atoms with Gasteiger partial charge in [0, 0.05) is 13.1 Å². The molecule has 122 valence electrons. The summed E-state index contributed by atoms with van der Waals surface area (Å²) < 4.78 is 0. The summed E-state index contributed by atoms with van der Waals surface area (Å²) in [6, 6.07) is 16.1. The van der Waals surface area contributed by atoms with Gasteiger partial charge in [0.05, 0.1) is 6.10 Å². The van der Waals surface area contributed by atoms with Crippen molar-refractivity contribution in [3.05, 3.63) is 65.7 Å². The molecule has 0 fully saturated rings. The first-order valence-corrected chi connectivity index (χ1v) is 7.68. The van der Waals surface area contributed by atoms with Gasteiger partial charge in [0.2, 0.25) is 0 Å². The number of aliphatic hydroxyl groups is 1. The van der Waals surface area contributed by atoms with Crippen molar-refractivity contribution in [2.75, 3.05) is 13.1 Å². The van der Waals surface area contributed by atoms with Crippen LogP contribution < -0.4 is 10.6 Å². The van der Waals surface area contributed by atoms with E-state index >= 15 is 0 Å². The summed E-state index contributed by atoms with van der Waals surface area (Å²) in [6.45, 7) is 0.880. The Bertz CT molecular complexity index is 617. The minimum atomic E-state index is -0.580. The number of rotatable bonds is 7. The quantitative estimate of drug-likeness (QED) is 0.633. The van der Waals surface area contributed by atoms with Crippen LogP contribution in [0.15, 0.2) is 54.6 Å². The average Bonchev–Trinajstić information content (AvgIpc) is 2.55. The van der Waals surface area contributed by atoms with Crippen LogP contribution in [0.5, 0.6) is 5.75 Å². The van der Waals surface area contributed by atoms with Crippen LogP contribution in [0, 0.1) is 0 Å². The van der Waals surface area contributed by atoms with Crippen molar-refractivity contribution in [1.82, 2.24) is 10.6 Å². The van der Waals surface area contributed by atoms with Crippen LogP contribution in [0.4, 0.5) is 4.79 Å². The Morgan fingerprint density at radius 2 is 1.74 bits per heavy atom. The molecule has 0 heterocycles. The van der Waals surface area contributed by atoms with Gasteiger partial charge in [0.25, 0.3) is 0 Å². The van der Waals surface area contributed by atoms with Gasteiger partial charge in [-0.05, 0) is 36.1 Å². The third kappa shape index (κ3) is 6.00. The molecule has 0 saturated carbocycles. The summed E-state index contributed by atoms with van der Waals surface area (Å²) in [7, 11) is 0. The molecule has 1 unspecified atom stereocenters. The van der Waals surface area contributed by atoms with Crippen molar-refractivity contribution in [2.24, 2.45) is 0 Å². The Morgan fingerprint density at radius 1 is 1.00 bits per heavy atom. The lowest BCUT2D eigenvalue weighted by molar-refractivity contribution is 0.167. The molecule has 0 aromatic heterocycles. The molecular weight excluding hydrogens is 292 g/mol. The third-order valence-electron chi connectivity index (χ3n) is 3.50. The van der Waals surface area contributed by atoms with Crippen molar-refractivity contribution >= 4 is 6.03 Å². The summed E-state index contributed by atoms with van der Waals surface area (Å²) in [6.07, 6.45) is 0.530. The number of nitrogens with one attached hydrogen (secondary N) is 2. The Balaban J connectivity index is 1.62. The molecule has 2 aromatic carbocycles. The number of carbonyl (C=O) groups is 1. The second-order valence-corrected chi connectivity index (χ2v) is 5.32. The SMILES string of the molecule is O=C(NCCc1cccc(O)c1)NCCC(O)c1ccccc1. The molecule has 2 rings (SSSR count). The number of phenolic OH excluding ortho intramolecular Hbond substituents is 1. The number of urea groups is 1. The second-order valence-electron chi connectivity index (χ2n) is 5.32. The van der Waals surface area contributed by atoms with E-state index in [1.807, 2.05) is 36.4 Å². The zero-order valence-electron chi connectivity index (χ0n) is 12.9. The fourth-order valence-electron chi connectivity index (χ4n) is 2.26. The van der Waals surface area contributed by atoms with Crippen molar-refractivity contribution in [2.45, 2.75) is 18.9 Å². The van der Waals surface area contributed by atoms with Gasteiger partial charge in [-0.15, -0.1) is 0 Å². The molecule has 5 heteroatoms. The molecule has 5 nitrogen and oxygen atoms in total. The lowest BCUT2D eigenvalue weighted by Gasteiger charge is -2.12. The lowest BCUT2D eigenvalue weighted by Crippen LogP contribution is -2.37. The molecule has 23 heavy (non-hydrogen) atoms. The standard InChI is InChI=1S/C18H22N2O3/c21-16-8-4-5-14(13-16)9-11-19-18(23)20-12-10-17(22)15-6-2-1-3-7-15/h1-8,13,17,21-22H,9-12H2,(H2,19,20,23). The molecule has 0 bridgehead atoms. The summed E-state index contributed by atoms with van der Waals surface area (Å²) in [5.41, 5.74) is 1.81. The van der Waals surface area contributed by atoms with Crippen molar-refractivity contribution < 1.29 is 15.0 Å². The molecular formula is C18H22N2O3. The van der Waals surface area contributed by atoms with Gasteiger partial charge in [-0.2, -0.15) is 0 Å². The van der Waals surface area contributed by atoms with Crippen molar-refractivity contribution in [3.63, 3.8) is 0 Å². The van der Waals surface area contributed by atoms with Crippen molar-refractivity contribution in [3.8, 4) is 5.75 Å². The molecule has 0 aliphatic carbocycles. The normalized spacial score (nSPS) is 11.7. The minimum absolute atomic E-state index is 0.224. The summed E-state index contributed by atoms with van der Waals surface area (Å²) in [5, 5.41) is 24.8. The van der Waals surface area contributed by atoms with Gasteiger partial charge < -0.3 is 20.8 Å². The Labute approximate surface area is 136 Å². The third-order valence-corrected chi connectivity index (χ3v) is 3.50. The Hall–Kier alpha value is -2.53. The van der Waals surface area contributed by atoms with Gasteiger partial charge in [-0.1, -0.05) is 42.5 Å². The number of aliphatic hydroxyl groups excluding tert-OH is 1. The van der Waals surface area contributed by atoms with E-state index in [0.717, 1.165) is 11.1 Å². The number of hydrogen-bond acceptors (Lipinski definition) is 3. The monoisotopic (exact) mass is 314 g/mol. The first-order chi connectivity index (χ1) is 11.1. The van der Waals surface area contributed by atoms with Crippen LogP contribution in [-0.2, 0) is 6.42 Å². The maximum absolute atomic E-state index is 11.7. The number of benzene rings is 2. The molecule has 0 saturated heterocycles. The molecule has 2 amide bonds. The largest absolute Gasteiger partial charge is 0.508 e. The molecule has 2 aromatic rings. The number of carbonyl (C=O) groups excluding carboxylic acids is 1. The van der Waals surface area contributed by atoms with Gasteiger partial charge in [0.1, 0.15) is 5.75 Å². The highest BCUT2D eigenvalue weighted by molar-refractivity contribution is 5.73. The highest BCUT2D eigenvalue weighted by atomic mass is 16.3. The fourth-order valence-corrected chi connectivity index (χ4v) is 2.26. The first kappa shape index (κ1) is 16.8. The highest BCUT2D eigenvalue weighted by Crippen LogP contribution is 2.14. The van der Waals surface area contributed by atoms with Crippen LogP contribution in [0.2, 0.25) is 0 Å². The van der Waals surface area contributed by atoms with E-state index in [-0.39, 0.29) is 11.8 Å². The van der Waals surface area contributed by atoms with Crippen LogP contribution in [0.25, 0.3) is 0 Å². The summed E-state index contributed by atoms with van der Waals surface area (Å²) in [4.78, 5) is 11.7. The molecule has 0 radical (unpaired) electrons. The van der Waals surface area contributed by atoms with Gasteiger partial charge in [0.15, 0.2) is 0 Å². The van der Waals surface area contributed by atoms with Crippen LogP contribution in [-0.4, -0.2) is 29.3 Å². The Morgan fingerprint density at radius 3 is 2.48 bits per heavy atom. The van der Waals surface area contributed by atoms with Crippen LogP contribution >= 0.6 is 0 Å². The fraction of sp³-hybridized carbons (Fsp3) is 0.278. The van der Waals surface area contributed by atoms with E-state index in [9.17, 15) is 15.0 Å². The highest BCUT2D eigenvalue weighted by Gasteiger charge is 2.07. The predicted molar refractivity (Wildman–Crippen MR) is 89.2 cm³/mol. The van der Waals surface area contributed by atoms with E-state index < -0.39 is 6.10 Å².